The molecule has 0 aromatic heterocycles. The molecule has 1 aromatic carbocycles. The third-order valence-electron chi connectivity index (χ3n) is 2.42. The van der Waals surface area contributed by atoms with Crippen molar-refractivity contribution in [2.45, 2.75) is 24.4 Å². The molecule has 0 amide bonds. The monoisotopic (exact) mass is 310 g/mol. The highest BCUT2D eigenvalue weighted by Gasteiger charge is 2.30. The van der Waals surface area contributed by atoms with Crippen LogP contribution in [0.5, 0.6) is 0 Å². The Kier molecular flexibility index (Phi) is 5.15. The van der Waals surface area contributed by atoms with Crippen molar-refractivity contribution < 1.29 is 31.1 Å². The van der Waals surface area contributed by atoms with Crippen LogP contribution in [0, 0.1) is 0 Å². The van der Waals surface area contributed by atoms with Gasteiger partial charge in [0.2, 0.25) is 0 Å². The normalized spacial score (nSPS) is 12.2. The number of hydrogen-bond acceptors (Lipinski definition) is 4. The van der Waals surface area contributed by atoms with E-state index in [2.05, 4.69) is 4.74 Å². The standard InChI is InChI=1S/C12H13F3O4S/c1-2-19-11(16)7-8-20(17,18)10-5-3-9(4-6-10)12(13,14)15/h3-6H,2,7-8H2,1H3. The molecule has 0 saturated carbocycles. The Morgan fingerprint density at radius 1 is 1.20 bits per heavy atom. The van der Waals surface area contributed by atoms with Crippen molar-refractivity contribution in [2.75, 3.05) is 12.4 Å². The first-order valence-corrected chi connectivity index (χ1v) is 7.37. The van der Waals surface area contributed by atoms with Gasteiger partial charge in [-0.25, -0.2) is 8.42 Å². The Morgan fingerprint density at radius 2 is 1.75 bits per heavy atom. The highest BCUT2D eigenvalue weighted by atomic mass is 32.2. The molecule has 0 bridgehead atoms. The van der Waals surface area contributed by atoms with Crippen molar-refractivity contribution in [3.63, 3.8) is 0 Å². The first-order chi connectivity index (χ1) is 9.16. The van der Waals surface area contributed by atoms with E-state index in [0.717, 1.165) is 12.1 Å². The summed E-state index contributed by atoms with van der Waals surface area (Å²) in [6.07, 6.45) is -4.86. The van der Waals surface area contributed by atoms with Crippen molar-refractivity contribution in [2.24, 2.45) is 0 Å². The van der Waals surface area contributed by atoms with E-state index in [1.54, 1.807) is 6.92 Å². The lowest BCUT2D eigenvalue weighted by Crippen LogP contribution is -2.14. The highest BCUT2D eigenvalue weighted by Crippen LogP contribution is 2.29. The van der Waals surface area contributed by atoms with E-state index in [1.165, 1.54) is 0 Å². The van der Waals surface area contributed by atoms with Crippen LogP contribution in [0.3, 0.4) is 0 Å². The van der Waals surface area contributed by atoms with Gasteiger partial charge in [0, 0.05) is 0 Å². The summed E-state index contributed by atoms with van der Waals surface area (Å²) in [7, 11) is -3.80. The molecule has 0 unspecified atom stereocenters. The Labute approximate surface area is 114 Å². The largest absolute Gasteiger partial charge is 0.466 e. The fourth-order valence-corrected chi connectivity index (χ4v) is 2.64. The number of esters is 1. The molecule has 0 spiro atoms. The summed E-state index contributed by atoms with van der Waals surface area (Å²) in [4.78, 5) is 10.8. The minimum atomic E-state index is -4.52. The molecule has 0 atom stereocenters. The first kappa shape index (κ1) is 16.5. The van der Waals surface area contributed by atoms with Crippen molar-refractivity contribution >= 4 is 15.8 Å². The van der Waals surface area contributed by atoms with Gasteiger partial charge in [0.15, 0.2) is 9.84 Å². The van der Waals surface area contributed by atoms with Gasteiger partial charge in [0.1, 0.15) is 0 Å². The lowest BCUT2D eigenvalue weighted by atomic mass is 10.2. The Hall–Kier alpha value is -1.57. The van der Waals surface area contributed by atoms with E-state index in [4.69, 9.17) is 0 Å². The maximum Gasteiger partial charge on any atom is 0.416 e. The summed E-state index contributed by atoms with van der Waals surface area (Å²) in [6.45, 7) is 1.72. The van der Waals surface area contributed by atoms with E-state index in [1.807, 2.05) is 0 Å². The summed E-state index contributed by atoms with van der Waals surface area (Å²) in [5.74, 6) is -1.17. The quantitative estimate of drug-likeness (QED) is 0.784. The zero-order chi connectivity index (χ0) is 15.4. The Morgan fingerprint density at radius 3 is 2.20 bits per heavy atom. The lowest BCUT2D eigenvalue weighted by Gasteiger charge is -2.08. The van der Waals surface area contributed by atoms with Gasteiger partial charge in [-0.05, 0) is 31.2 Å². The van der Waals surface area contributed by atoms with Gasteiger partial charge < -0.3 is 4.74 Å². The second kappa shape index (κ2) is 6.25. The molecule has 0 fully saturated rings. The number of carbonyl (C=O) groups is 1. The van der Waals surface area contributed by atoms with Gasteiger partial charge in [-0.2, -0.15) is 13.2 Å². The zero-order valence-corrected chi connectivity index (χ0v) is 11.4. The molecule has 0 aliphatic rings. The van der Waals surface area contributed by atoms with Crippen LogP contribution in [0.2, 0.25) is 0 Å². The molecule has 0 aliphatic carbocycles. The fraction of sp³-hybridized carbons (Fsp3) is 0.417. The van der Waals surface area contributed by atoms with Gasteiger partial charge >= 0.3 is 12.1 Å². The highest BCUT2D eigenvalue weighted by molar-refractivity contribution is 7.91. The predicted molar refractivity (Wildman–Crippen MR) is 64.7 cm³/mol. The summed E-state index contributed by atoms with van der Waals surface area (Å²) >= 11 is 0. The number of rotatable bonds is 5. The predicted octanol–water partition coefficient (Wildman–Crippen LogP) is 2.43. The minimum absolute atomic E-state index is 0.138. The van der Waals surface area contributed by atoms with E-state index >= 15 is 0 Å². The molecule has 0 heterocycles. The molecule has 1 aromatic rings. The molecule has 8 heteroatoms. The van der Waals surface area contributed by atoms with Crippen LogP contribution in [-0.4, -0.2) is 26.7 Å². The smallest absolute Gasteiger partial charge is 0.416 e. The van der Waals surface area contributed by atoms with Gasteiger partial charge in [0.05, 0.1) is 29.2 Å². The fourth-order valence-electron chi connectivity index (χ4n) is 1.42. The van der Waals surface area contributed by atoms with Crippen LogP contribution >= 0.6 is 0 Å². The summed E-state index contributed by atoms with van der Waals surface area (Å²) < 4.78 is 65.2. The minimum Gasteiger partial charge on any atom is -0.466 e. The number of halogens is 3. The summed E-state index contributed by atoms with van der Waals surface area (Å²) in [5, 5.41) is 0. The zero-order valence-electron chi connectivity index (χ0n) is 10.6. The number of hydrogen-bond donors (Lipinski definition) is 0. The maximum absolute atomic E-state index is 12.3. The molecule has 20 heavy (non-hydrogen) atoms. The van der Waals surface area contributed by atoms with Crippen LogP contribution in [0.25, 0.3) is 0 Å². The molecule has 1 rings (SSSR count). The van der Waals surface area contributed by atoms with Crippen molar-refractivity contribution in [1.82, 2.24) is 0 Å². The SMILES string of the molecule is CCOC(=O)CCS(=O)(=O)c1ccc(C(F)(F)F)cc1. The van der Waals surface area contributed by atoms with E-state index in [0.29, 0.717) is 12.1 Å². The molecule has 4 nitrogen and oxygen atoms in total. The number of carbonyl (C=O) groups excluding carboxylic acids is 1. The topological polar surface area (TPSA) is 60.4 Å². The number of benzene rings is 1. The average molecular weight is 310 g/mol. The van der Waals surface area contributed by atoms with Crippen LogP contribution < -0.4 is 0 Å². The molecule has 0 N–H and O–H groups in total. The van der Waals surface area contributed by atoms with Crippen LogP contribution in [-0.2, 0) is 25.5 Å². The van der Waals surface area contributed by atoms with E-state index in [9.17, 15) is 26.4 Å². The average Bonchev–Trinajstić information content (AvgIpc) is 2.36. The third kappa shape index (κ3) is 4.52. The molecular formula is C12H13F3O4S. The van der Waals surface area contributed by atoms with Crippen molar-refractivity contribution in [1.29, 1.82) is 0 Å². The van der Waals surface area contributed by atoms with Crippen LogP contribution in [0.1, 0.15) is 18.9 Å². The van der Waals surface area contributed by atoms with Crippen LogP contribution in [0.15, 0.2) is 29.2 Å². The Balaban J connectivity index is 2.81. The third-order valence-corrected chi connectivity index (χ3v) is 4.15. The first-order valence-electron chi connectivity index (χ1n) is 5.72. The van der Waals surface area contributed by atoms with E-state index in [-0.39, 0.29) is 17.9 Å². The van der Waals surface area contributed by atoms with Gasteiger partial charge in [-0.3, -0.25) is 4.79 Å². The number of alkyl halides is 3. The van der Waals surface area contributed by atoms with Crippen molar-refractivity contribution in [3.8, 4) is 0 Å². The van der Waals surface area contributed by atoms with E-state index < -0.39 is 33.3 Å². The molecule has 0 radical (unpaired) electrons. The van der Waals surface area contributed by atoms with Crippen LogP contribution in [0.4, 0.5) is 13.2 Å². The second-order valence-corrected chi connectivity index (χ2v) is 6.01. The van der Waals surface area contributed by atoms with Gasteiger partial charge in [-0.15, -0.1) is 0 Å². The molecule has 112 valence electrons. The lowest BCUT2D eigenvalue weighted by molar-refractivity contribution is -0.142. The molecule has 0 saturated heterocycles. The van der Waals surface area contributed by atoms with Gasteiger partial charge in [-0.1, -0.05) is 0 Å². The Bertz CT molecular complexity index is 561. The second-order valence-electron chi connectivity index (χ2n) is 3.90. The number of ether oxygens (including phenoxy) is 1. The summed E-state index contributed by atoms with van der Waals surface area (Å²) in [5.41, 5.74) is -0.929. The van der Waals surface area contributed by atoms with Crippen molar-refractivity contribution in [3.05, 3.63) is 29.8 Å². The maximum atomic E-state index is 12.3. The number of sulfone groups is 1. The molecular weight excluding hydrogens is 297 g/mol. The molecule has 0 aliphatic heterocycles. The van der Waals surface area contributed by atoms with Gasteiger partial charge in [0.25, 0.3) is 0 Å². The summed E-state index contributed by atoms with van der Waals surface area (Å²) in [6, 6.07) is 3.14.